The Kier molecular flexibility index (Phi) is 50.5. The van der Waals surface area contributed by atoms with E-state index in [4.69, 9.17) is 0 Å². The van der Waals surface area contributed by atoms with Crippen LogP contribution in [0.1, 0.15) is 284 Å². The predicted molar refractivity (Wildman–Crippen MR) is 273 cm³/mol. The number of carbonyl (C=O) groups excluding carboxylic acids is 1. The van der Waals surface area contributed by atoms with Crippen LogP contribution in [-0.2, 0) is 4.79 Å². The van der Waals surface area contributed by atoms with Crippen LogP contribution in [0.15, 0.2) is 48.6 Å². The van der Waals surface area contributed by atoms with Crippen molar-refractivity contribution in [1.29, 1.82) is 0 Å². The second kappa shape index (κ2) is 51.9. The maximum absolute atomic E-state index is 12.5. The molecule has 364 valence electrons. The van der Waals surface area contributed by atoms with Crippen molar-refractivity contribution >= 4 is 5.91 Å². The van der Waals surface area contributed by atoms with Gasteiger partial charge in [-0.3, -0.25) is 4.79 Å². The molecule has 0 saturated heterocycles. The van der Waals surface area contributed by atoms with Crippen molar-refractivity contribution < 1.29 is 20.1 Å². The number of aliphatic hydroxyl groups is 3. The molecule has 0 aromatic heterocycles. The monoisotopic (exact) mass is 870 g/mol. The molecule has 0 saturated carbocycles. The molecule has 0 aromatic carbocycles. The van der Waals surface area contributed by atoms with E-state index in [2.05, 4.69) is 55.6 Å². The van der Waals surface area contributed by atoms with E-state index in [-0.39, 0.29) is 18.9 Å². The van der Waals surface area contributed by atoms with Crippen LogP contribution >= 0.6 is 0 Å². The normalized spacial score (nSPS) is 13.7. The Hall–Kier alpha value is -1.69. The van der Waals surface area contributed by atoms with Gasteiger partial charge < -0.3 is 20.6 Å². The number of allylic oxidation sites excluding steroid dienone is 7. The zero-order valence-corrected chi connectivity index (χ0v) is 41.5. The smallest absolute Gasteiger partial charge is 0.222 e. The van der Waals surface area contributed by atoms with Crippen LogP contribution in [-0.4, -0.2) is 46.1 Å². The highest BCUT2D eigenvalue weighted by Gasteiger charge is 2.20. The number of hydrogen-bond acceptors (Lipinski definition) is 4. The Morgan fingerprint density at radius 2 is 0.742 bits per heavy atom. The van der Waals surface area contributed by atoms with Gasteiger partial charge in [0, 0.05) is 0 Å². The molecule has 0 bridgehead atoms. The molecular formula is C57H107NO4. The standard InChI is InChI=1S/C57H107NO4/c1-3-5-7-9-11-13-15-17-19-20-21-22-23-24-25-26-27-28-29-30-31-32-33-34-35-36-37-38-40-42-44-46-48-50-54(60)52-57(62)58-55(53-59)56(61)51-49-47-45-43-41-39-18-16-14-12-10-8-6-4-2/h23-24,26-27,41,43,49,51,54-56,59-61H,3-22,25,28-40,42,44-48,50,52-53H2,1-2H3,(H,58,62)/b24-23-,27-26-,43-41+,51-49+. The highest BCUT2D eigenvalue weighted by Crippen LogP contribution is 2.16. The van der Waals surface area contributed by atoms with E-state index in [9.17, 15) is 20.1 Å². The molecule has 4 N–H and O–H groups in total. The topological polar surface area (TPSA) is 89.8 Å². The molecule has 0 fully saturated rings. The van der Waals surface area contributed by atoms with Crippen molar-refractivity contribution in [3.05, 3.63) is 48.6 Å². The van der Waals surface area contributed by atoms with Crippen molar-refractivity contribution in [2.75, 3.05) is 6.61 Å². The van der Waals surface area contributed by atoms with E-state index in [0.29, 0.717) is 6.42 Å². The van der Waals surface area contributed by atoms with Crippen molar-refractivity contribution in [2.45, 2.75) is 302 Å². The summed E-state index contributed by atoms with van der Waals surface area (Å²) in [6.07, 6.45) is 68.8. The lowest BCUT2D eigenvalue weighted by molar-refractivity contribution is -0.124. The van der Waals surface area contributed by atoms with Crippen LogP contribution in [0.3, 0.4) is 0 Å². The number of unbranched alkanes of at least 4 members (excludes halogenated alkanes) is 35. The van der Waals surface area contributed by atoms with Gasteiger partial charge in [0.25, 0.3) is 0 Å². The molecule has 0 aliphatic carbocycles. The van der Waals surface area contributed by atoms with Gasteiger partial charge in [0.1, 0.15) is 0 Å². The van der Waals surface area contributed by atoms with Gasteiger partial charge in [-0.05, 0) is 64.2 Å². The van der Waals surface area contributed by atoms with E-state index in [0.717, 1.165) is 38.5 Å². The number of aliphatic hydroxyl groups excluding tert-OH is 3. The van der Waals surface area contributed by atoms with Gasteiger partial charge in [-0.1, -0.05) is 262 Å². The fourth-order valence-electron chi connectivity index (χ4n) is 8.39. The second-order valence-corrected chi connectivity index (χ2v) is 18.8. The molecule has 0 rings (SSSR count). The van der Waals surface area contributed by atoms with Crippen LogP contribution in [0.4, 0.5) is 0 Å². The van der Waals surface area contributed by atoms with Crippen LogP contribution in [0, 0.1) is 0 Å². The van der Waals surface area contributed by atoms with Gasteiger partial charge in [0.15, 0.2) is 0 Å². The first-order chi connectivity index (χ1) is 30.5. The summed E-state index contributed by atoms with van der Waals surface area (Å²) < 4.78 is 0. The summed E-state index contributed by atoms with van der Waals surface area (Å²) >= 11 is 0. The summed E-state index contributed by atoms with van der Waals surface area (Å²) in [7, 11) is 0. The van der Waals surface area contributed by atoms with Crippen LogP contribution in [0.25, 0.3) is 0 Å². The molecule has 0 spiro atoms. The molecule has 1 amide bonds. The first-order valence-electron chi connectivity index (χ1n) is 27.4. The minimum Gasteiger partial charge on any atom is -0.394 e. The SMILES string of the molecule is CCCCCCCCCC/C=C/CC/C=C/C(O)C(CO)NC(=O)CC(O)CCCCCCCCCCCCCCCCC/C=C\C/C=C\CCCCCCCCCCCCC. The highest BCUT2D eigenvalue weighted by molar-refractivity contribution is 5.76. The predicted octanol–water partition coefficient (Wildman–Crippen LogP) is 16.8. The third-order valence-electron chi connectivity index (χ3n) is 12.6. The molecular weight excluding hydrogens is 763 g/mol. The third-order valence-corrected chi connectivity index (χ3v) is 12.6. The van der Waals surface area contributed by atoms with Crippen LogP contribution in [0.5, 0.6) is 0 Å². The summed E-state index contributed by atoms with van der Waals surface area (Å²) in [5.74, 6) is -0.324. The average molecular weight is 870 g/mol. The van der Waals surface area contributed by atoms with Gasteiger partial charge in [-0.15, -0.1) is 0 Å². The molecule has 3 unspecified atom stereocenters. The maximum atomic E-state index is 12.5. The fraction of sp³-hybridized carbons (Fsp3) is 0.842. The lowest BCUT2D eigenvalue weighted by Gasteiger charge is -2.21. The molecule has 0 heterocycles. The third kappa shape index (κ3) is 47.8. The molecule has 0 aliphatic rings. The van der Waals surface area contributed by atoms with Gasteiger partial charge in [0.05, 0.1) is 31.3 Å². The molecule has 62 heavy (non-hydrogen) atoms. The Labute approximate surface area is 387 Å². The van der Waals surface area contributed by atoms with E-state index < -0.39 is 18.2 Å². The zero-order valence-electron chi connectivity index (χ0n) is 41.5. The Morgan fingerprint density at radius 3 is 1.13 bits per heavy atom. The Bertz CT molecular complexity index is 1000. The summed E-state index contributed by atoms with van der Waals surface area (Å²) in [5.41, 5.74) is 0. The molecule has 0 aromatic rings. The Balaban J connectivity index is 3.54. The van der Waals surface area contributed by atoms with Crippen molar-refractivity contribution in [1.82, 2.24) is 5.32 Å². The van der Waals surface area contributed by atoms with Gasteiger partial charge in [-0.25, -0.2) is 0 Å². The molecule has 5 nitrogen and oxygen atoms in total. The van der Waals surface area contributed by atoms with Gasteiger partial charge in [0.2, 0.25) is 5.91 Å². The number of nitrogens with one attached hydrogen (secondary N) is 1. The van der Waals surface area contributed by atoms with E-state index in [1.54, 1.807) is 6.08 Å². The summed E-state index contributed by atoms with van der Waals surface area (Å²) in [6, 6.07) is -0.761. The maximum Gasteiger partial charge on any atom is 0.222 e. The minimum absolute atomic E-state index is 0.00594. The summed E-state index contributed by atoms with van der Waals surface area (Å²) in [5, 5.41) is 33.3. The van der Waals surface area contributed by atoms with Gasteiger partial charge >= 0.3 is 0 Å². The van der Waals surface area contributed by atoms with Crippen molar-refractivity contribution in [2.24, 2.45) is 0 Å². The summed E-state index contributed by atoms with van der Waals surface area (Å²) in [4.78, 5) is 12.5. The fourth-order valence-corrected chi connectivity index (χ4v) is 8.39. The second-order valence-electron chi connectivity index (χ2n) is 18.8. The Morgan fingerprint density at radius 1 is 0.419 bits per heavy atom. The number of carbonyl (C=O) groups is 1. The van der Waals surface area contributed by atoms with Crippen molar-refractivity contribution in [3.8, 4) is 0 Å². The molecule has 0 aliphatic heterocycles. The van der Waals surface area contributed by atoms with E-state index in [1.807, 2.05) is 6.08 Å². The van der Waals surface area contributed by atoms with Crippen molar-refractivity contribution in [3.63, 3.8) is 0 Å². The molecule has 5 heteroatoms. The number of amides is 1. The largest absolute Gasteiger partial charge is 0.394 e. The average Bonchev–Trinajstić information content (AvgIpc) is 3.27. The lowest BCUT2D eigenvalue weighted by Crippen LogP contribution is -2.45. The van der Waals surface area contributed by atoms with Crippen LogP contribution in [0.2, 0.25) is 0 Å². The number of rotatable bonds is 50. The van der Waals surface area contributed by atoms with Crippen LogP contribution < -0.4 is 5.32 Å². The number of hydrogen-bond donors (Lipinski definition) is 4. The lowest BCUT2D eigenvalue weighted by atomic mass is 10.0. The first-order valence-corrected chi connectivity index (χ1v) is 27.4. The highest BCUT2D eigenvalue weighted by atomic mass is 16.3. The first kappa shape index (κ1) is 60.3. The van der Waals surface area contributed by atoms with E-state index in [1.165, 1.54) is 218 Å². The molecule has 0 radical (unpaired) electrons. The van der Waals surface area contributed by atoms with E-state index >= 15 is 0 Å². The zero-order chi connectivity index (χ0) is 45.1. The van der Waals surface area contributed by atoms with Gasteiger partial charge in [-0.2, -0.15) is 0 Å². The minimum atomic E-state index is -0.952. The summed E-state index contributed by atoms with van der Waals surface area (Å²) in [6.45, 7) is 4.21. The molecule has 3 atom stereocenters. The quantitative estimate of drug-likeness (QED) is 0.0362.